The van der Waals surface area contributed by atoms with Crippen molar-refractivity contribution < 1.29 is 0 Å². The first-order valence-corrected chi connectivity index (χ1v) is 6.65. The highest BCUT2D eigenvalue weighted by molar-refractivity contribution is 7.99. The Morgan fingerprint density at radius 1 is 1.05 bits per heavy atom. The number of rotatable bonds is 3. The molecule has 0 unspecified atom stereocenters. The van der Waals surface area contributed by atoms with Crippen LogP contribution < -0.4 is 0 Å². The lowest BCUT2D eigenvalue weighted by Crippen LogP contribution is -1.98. The van der Waals surface area contributed by atoms with Crippen molar-refractivity contribution in [2.45, 2.75) is 10.2 Å². The summed E-state index contributed by atoms with van der Waals surface area (Å²) in [5.41, 5.74) is 0.906. The van der Waals surface area contributed by atoms with Crippen molar-refractivity contribution in [1.29, 1.82) is 0 Å². The molecule has 0 radical (unpaired) electrons. The van der Waals surface area contributed by atoms with E-state index in [1.165, 1.54) is 11.8 Å². The largest absolute Gasteiger partial charge is 0.248 e. The molecule has 0 saturated carbocycles. The number of para-hydroxylation sites is 1. The van der Waals surface area contributed by atoms with Gasteiger partial charge in [-0.15, -0.1) is 5.10 Å². The van der Waals surface area contributed by atoms with Crippen molar-refractivity contribution in [3.05, 3.63) is 53.7 Å². The van der Waals surface area contributed by atoms with Gasteiger partial charge in [-0.2, -0.15) is 4.68 Å². The summed E-state index contributed by atoms with van der Waals surface area (Å²) >= 11 is 7.18. The van der Waals surface area contributed by atoms with E-state index in [-0.39, 0.29) is 0 Å². The molecule has 0 aliphatic carbocycles. The van der Waals surface area contributed by atoms with Crippen molar-refractivity contribution in [3.8, 4) is 5.69 Å². The van der Waals surface area contributed by atoms with Gasteiger partial charge in [0.25, 0.3) is 0 Å². The first kappa shape index (κ1) is 12.1. The molecular weight excluding hydrogens is 282 g/mol. The second-order valence-electron chi connectivity index (χ2n) is 3.63. The van der Waals surface area contributed by atoms with E-state index >= 15 is 0 Å². The van der Waals surface area contributed by atoms with E-state index in [9.17, 15) is 0 Å². The van der Waals surface area contributed by atoms with Gasteiger partial charge < -0.3 is 0 Å². The van der Waals surface area contributed by atoms with Crippen LogP contribution in [0.4, 0.5) is 0 Å². The molecule has 2 aromatic heterocycles. The Hall–Kier alpha value is -1.92. The topological polar surface area (TPSA) is 56.5 Å². The van der Waals surface area contributed by atoms with Gasteiger partial charge in [0.2, 0.25) is 5.16 Å². The molecule has 3 rings (SSSR count). The fourth-order valence-electron chi connectivity index (χ4n) is 1.49. The first-order chi connectivity index (χ1) is 9.33. The summed E-state index contributed by atoms with van der Waals surface area (Å²) in [6.45, 7) is 0. The van der Waals surface area contributed by atoms with E-state index in [4.69, 9.17) is 11.6 Å². The van der Waals surface area contributed by atoms with Crippen molar-refractivity contribution in [1.82, 2.24) is 25.2 Å². The minimum absolute atomic E-state index is 0.604. The van der Waals surface area contributed by atoms with Gasteiger partial charge in [0.15, 0.2) is 0 Å². The lowest BCUT2D eigenvalue weighted by Gasteiger charge is -2.03. The van der Waals surface area contributed by atoms with E-state index < -0.39 is 0 Å². The number of nitrogens with zero attached hydrogens (tertiary/aromatic N) is 5. The molecule has 5 nitrogen and oxygen atoms in total. The zero-order chi connectivity index (χ0) is 13.1. The molecular formula is C12H8ClN5S. The highest BCUT2D eigenvalue weighted by atomic mass is 35.5. The minimum Gasteiger partial charge on any atom is -0.248 e. The number of benzene rings is 1. The van der Waals surface area contributed by atoms with Crippen molar-refractivity contribution >= 4 is 23.4 Å². The van der Waals surface area contributed by atoms with Crippen LogP contribution in [0.3, 0.4) is 0 Å². The van der Waals surface area contributed by atoms with Gasteiger partial charge in [-0.1, -0.05) is 29.8 Å². The van der Waals surface area contributed by atoms with Crippen LogP contribution in [0.25, 0.3) is 5.69 Å². The fraction of sp³-hybridized carbons (Fsp3) is 0. The summed E-state index contributed by atoms with van der Waals surface area (Å²) in [5, 5.41) is 13.7. The third-order valence-electron chi connectivity index (χ3n) is 2.34. The predicted octanol–water partition coefficient (Wildman–Crippen LogP) is 2.86. The number of pyridine rings is 1. The molecule has 19 heavy (non-hydrogen) atoms. The number of aromatic nitrogens is 5. The molecule has 94 valence electrons. The van der Waals surface area contributed by atoms with Gasteiger partial charge in [0.1, 0.15) is 5.03 Å². The van der Waals surface area contributed by atoms with E-state index in [1.807, 2.05) is 36.4 Å². The average molecular weight is 290 g/mol. The Morgan fingerprint density at radius 3 is 2.63 bits per heavy atom. The van der Waals surface area contributed by atoms with Crippen LogP contribution in [-0.4, -0.2) is 25.2 Å². The summed E-state index contributed by atoms with van der Waals surface area (Å²) in [6.07, 6.45) is 1.60. The van der Waals surface area contributed by atoms with Crippen molar-refractivity contribution in [2.75, 3.05) is 0 Å². The maximum atomic E-state index is 5.80. The summed E-state index contributed by atoms with van der Waals surface area (Å²) in [4.78, 5) is 4.21. The Kier molecular flexibility index (Phi) is 3.43. The number of hydrogen-bond acceptors (Lipinski definition) is 5. The fourth-order valence-corrected chi connectivity index (χ4v) is 2.34. The Balaban J connectivity index is 1.91. The molecule has 0 fully saturated rings. The maximum Gasteiger partial charge on any atom is 0.220 e. The molecule has 7 heteroatoms. The lowest BCUT2D eigenvalue weighted by molar-refractivity contribution is 0.756. The molecule has 0 saturated heterocycles. The molecule has 0 bridgehead atoms. The van der Waals surface area contributed by atoms with Crippen LogP contribution in [0.5, 0.6) is 0 Å². The first-order valence-electron chi connectivity index (χ1n) is 5.46. The molecule has 1 aromatic carbocycles. The van der Waals surface area contributed by atoms with E-state index in [0.29, 0.717) is 10.2 Å². The number of halogens is 1. The lowest BCUT2D eigenvalue weighted by atomic mass is 10.3. The Morgan fingerprint density at radius 2 is 1.89 bits per heavy atom. The highest BCUT2D eigenvalue weighted by Gasteiger charge is 2.10. The normalized spacial score (nSPS) is 10.6. The Bertz CT molecular complexity index is 668. The molecule has 0 aliphatic rings. The molecule has 0 N–H and O–H groups in total. The molecule has 0 atom stereocenters. The van der Waals surface area contributed by atoms with Crippen LogP contribution in [0.15, 0.2) is 58.8 Å². The van der Waals surface area contributed by atoms with Gasteiger partial charge in [0.05, 0.1) is 10.7 Å². The molecule has 0 spiro atoms. The second kappa shape index (κ2) is 5.38. The monoisotopic (exact) mass is 289 g/mol. The standard InChI is InChI=1S/C12H8ClN5S/c13-9-6-7-11(14-8-9)19-12-15-16-17-18(12)10-4-2-1-3-5-10/h1-8H. The van der Waals surface area contributed by atoms with Crippen molar-refractivity contribution in [2.24, 2.45) is 0 Å². The quantitative estimate of drug-likeness (QED) is 0.742. The summed E-state index contributed by atoms with van der Waals surface area (Å²) in [5.74, 6) is 0. The smallest absolute Gasteiger partial charge is 0.220 e. The van der Waals surface area contributed by atoms with E-state index in [2.05, 4.69) is 20.5 Å². The van der Waals surface area contributed by atoms with E-state index in [1.54, 1.807) is 16.9 Å². The van der Waals surface area contributed by atoms with Crippen molar-refractivity contribution in [3.63, 3.8) is 0 Å². The van der Waals surface area contributed by atoms with Gasteiger partial charge in [-0.3, -0.25) is 0 Å². The SMILES string of the molecule is Clc1ccc(Sc2nnnn2-c2ccccc2)nc1. The molecule has 3 aromatic rings. The van der Waals surface area contributed by atoms with Gasteiger partial charge in [-0.25, -0.2) is 4.98 Å². The second-order valence-corrected chi connectivity index (χ2v) is 5.05. The van der Waals surface area contributed by atoms with Gasteiger partial charge >= 0.3 is 0 Å². The van der Waals surface area contributed by atoms with Crippen LogP contribution >= 0.6 is 23.4 Å². The molecule has 0 amide bonds. The van der Waals surface area contributed by atoms with Crippen LogP contribution in [0.2, 0.25) is 5.02 Å². The zero-order valence-corrected chi connectivity index (χ0v) is 11.2. The zero-order valence-electron chi connectivity index (χ0n) is 9.64. The molecule has 2 heterocycles. The summed E-state index contributed by atoms with van der Waals surface area (Å²) < 4.78 is 1.67. The number of tetrazole rings is 1. The Labute approximate surface area is 118 Å². The summed E-state index contributed by atoms with van der Waals surface area (Å²) in [7, 11) is 0. The third-order valence-corrected chi connectivity index (χ3v) is 3.45. The summed E-state index contributed by atoms with van der Waals surface area (Å²) in [6, 6.07) is 13.3. The average Bonchev–Trinajstić information content (AvgIpc) is 2.90. The minimum atomic E-state index is 0.604. The number of hydrogen-bond donors (Lipinski definition) is 0. The van der Waals surface area contributed by atoms with Crippen LogP contribution in [-0.2, 0) is 0 Å². The van der Waals surface area contributed by atoms with Gasteiger partial charge in [0, 0.05) is 6.20 Å². The third kappa shape index (κ3) is 2.74. The predicted molar refractivity (Wildman–Crippen MR) is 72.5 cm³/mol. The maximum absolute atomic E-state index is 5.80. The molecule has 0 aliphatic heterocycles. The highest BCUT2D eigenvalue weighted by Crippen LogP contribution is 2.25. The van der Waals surface area contributed by atoms with Crippen LogP contribution in [0.1, 0.15) is 0 Å². The van der Waals surface area contributed by atoms with Gasteiger partial charge in [-0.05, 0) is 46.5 Å². The van der Waals surface area contributed by atoms with E-state index in [0.717, 1.165) is 10.7 Å². The van der Waals surface area contributed by atoms with Crippen LogP contribution in [0, 0.1) is 0 Å².